The minimum absolute atomic E-state index is 0.530. The zero-order valence-corrected chi connectivity index (χ0v) is 13.5. The summed E-state index contributed by atoms with van der Waals surface area (Å²) in [5, 5.41) is 0. The lowest BCUT2D eigenvalue weighted by Crippen LogP contribution is -2.24. The Balaban J connectivity index is 2.27. The molecule has 0 aliphatic rings. The number of benzene rings is 1. The molecule has 0 amide bonds. The third kappa shape index (κ3) is 4.11. The van der Waals surface area contributed by atoms with Crippen molar-refractivity contribution in [1.82, 2.24) is 9.88 Å². The average Bonchev–Trinajstić information content (AvgIpc) is 2.52. The average molecular weight is 300 g/mol. The van der Waals surface area contributed by atoms with Crippen LogP contribution in [0.4, 0.5) is 17.1 Å². The fraction of sp³-hybridized carbons (Fsp3) is 0.353. The maximum Gasteiger partial charge on any atom is 0.215 e. The van der Waals surface area contributed by atoms with E-state index in [1.807, 2.05) is 18.2 Å². The molecule has 0 saturated carbocycles. The van der Waals surface area contributed by atoms with Crippen molar-refractivity contribution in [2.75, 3.05) is 44.9 Å². The van der Waals surface area contributed by atoms with E-state index in [-0.39, 0.29) is 0 Å². The number of hydrogen-bond donors (Lipinski definition) is 1. The highest BCUT2D eigenvalue weighted by Crippen LogP contribution is 2.31. The Hall–Kier alpha value is -2.27. The lowest BCUT2D eigenvalue weighted by Gasteiger charge is -2.26. The summed E-state index contributed by atoms with van der Waals surface area (Å²) in [6.45, 7) is 1.90. The van der Waals surface area contributed by atoms with Crippen molar-refractivity contribution in [3.8, 4) is 5.88 Å². The summed E-state index contributed by atoms with van der Waals surface area (Å²) < 4.78 is 5.13. The fourth-order valence-corrected chi connectivity index (χ4v) is 2.32. The maximum absolute atomic E-state index is 6.19. The topological polar surface area (TPSA) is 54.6 Å². The van der Waals surface area contributed by atoms with Crippen LogP contribution in [0.2, 0.25) is 0 Å². The molecule has 0 fully saturated rings. The second-order valence-corrected chi connectivity index (χ2v) is 5.43. The summed E-state index contributed by atoms with van der Waals surface area (Å²) in [6, 6.07) is 12.0. The van der Waals surface area contributed by atoms with Gasteiger partial charge in [0, 0.05) is 18.3 Å². The molecule has 2 rings (SSSR count). The molecule has 0 unspecified atom stereocenters. The SMILES string of the molecule is COc1cc(N)c(N(CCCN(C)C)c2ccccc2)cn1. The van der Waals surface area contributed by atoms with E-state index in [1.54, 1.807) is 19.4 Å². The fourth-order valence-electron chi connectivity index (χ4n) is 2.32. The van der Waals surface area contributed by atoms with Crippen molar-refractivity contribution >= 4 is 17.1 Å². The van der Waals surface area contributed by atoms with Crippen molar-refractivity contribution in [2.24, 2.45) is 0 Å². The van der Waals surface area contributed by atoms with Crippen molar-refractivity contribution in [3.05, 3.63) is 42.6 Å². The summed E-state index contributed by atoms with van der Waals surface area (Å²) >= 11 is 0. The number of anilines is 3. The van der Waals surface area contributed by atoms with Gasteiger partial charge in [-0.15, -0.1) is 0 Å². The molecule has 5 heteroatoms. The third-order valence-electron chi connectivity index (χ3n) is 3.44. The van der Waals surface area contributed by atoms with Crippen LogP contribution in [0.25, 0.3) is 0 Å². The van der Waals surface area contributed by atoms with Crippen LogP contribution in [0, 0.1) is 0 Å². The van der Waals surface area contributed by atoms with Crippen LogP contribution >= 0.6 is 0 Å². The van der Waals surface area contributed by atoms with Gasteiger partial charge in [-0.3, -0.25) is 0 Å². The van der Waals surface area contributed by atoms with Gasteiger partial charge in [0.25, 0.3) is 0 Å². The van der Waals surface area contributed by atoms with E-state index in [0.717, 1.165) is 30.9 Å². The van der Waals surface area contributed by atoms with Crippen molar-refractivity contribution in [1.29, 1.82) is 0 Å². The van der Waals surface area contributed by atoms with Crippen molar-refractivity contribution in [3.63, 3.8) is 0 Å². The molecule has 5 nitrogen and oxygen atoms in total. The Labute approximate surface area is 132 Å². The lowest BCUT2D eigenvalue weighted by atomic mass is 10.2. The summed E-state index contributed by atoms with van der Waals surface area (Å²) in [6.07, 6.45) is 2.81. The number of methoxy groups -OCH3 is 1. The molecule has 0 aliphatic heterocycles. The Bertz CT molecular complexity index is 586. The third-order valence-corrected chi connectivity index (χ3v) is 3.44. The van der Waals surface area contributed by atoms with Crippen LogP contribution in [0.1, 0.15) is 6.42 Å². The van der Waals surface area contributed by atoms with E-state index in [0.29, 0.717) is 11.6 Å². The van der Waals surface area contributed by atoms with Crippen molar-refractivity contribution in [2.45, 2.75) is 6.42 Å². The molecular weight excluding hydrogens is 276 g/mol. The summed E-state index contributed by atoms with van der Waals surface area (Å²) in [5.41, 5.74) is 8.88. The zero-order chi connectivity index (χ0) is 15.9. The number of nitrogen functional groups attached to an aromatic ring is 1. The minimum atomic E-state index is 0.530. The van der Waals surface area contributed by atoms with Crippen LogP contribution in [-0.4, -0.2) is 44.2 Å². The number of pyridine rings is 1. The number of para-hydroxylation sites is 1. The Morgan fingerprint density at radius 2 is 1.86 bits per heavy atom. The van der Waals surface area contributed by atoms with E-state index in [9.17, 15) is 0 Å². The molecule has 2 aromatic rings. The van der Waals surface area contributed by atoms with E-state index < -0.39 is 0 Å². The van der Waals surface area contributed by atoms with Gasteiger partial charge in [0.05, 0.1) is 24.7 Å². The Morgan fingerprint density at radius 1 is 1.14 bits per heavy atom. The second kappa shape index (κ2) is 7.66. The monoisotopic (exact) mass is 300 g/mol. The van der Waals surface area contributed by atoms with Gasteiger partial charge in [-0.1, -0.05) is 18.2 Å². The molecule has 0 saturated heterocycles. The minimum Gasteiger partial charge on any atom is -0.481 e. The molecule has 0 bridgehead atoms. The summed E-state index contributed by atoms with van der Waals surface area (Å²) in [4.78, 5) is 8.67. The van der Waals surface area contributed by atoms with Gasteiger partial charge in [0.1, 0.15) is 0 Å². The number of nitrogens with zero attached hydrogens (tertiary/aromatic N) is 3. The van der Waals surface area contributed by atoms with Gasteiger partial charge in [0.15, 0.2) is 0 Å². The van der Waals surface area contributed by atoms with Gasteiger partial charge in [-0.05, 0) is 39.2 Å². The molecule has 1 aromatic carbocycles. The van der Waals surface area contributed by atoms with Gasteiger partial charge in [0.2, 0.25) is 5.88 Å². The normalized spacial score (nSPS) is 10.7. The highest BCUT2D eigenvalue weighted by Gasteiger charge is 2.13. The molecule has 1 aromatic heterocycles. The van der Waals surface area contributed by atoms with E-state index >= 15 is 0 Å². The number of rotatable bonds is 7. The van der Waals surface area contributed by atoms with Crippen molar-refractivity contribution < 1.29 is 4.74 Å². The molecule has 0 radical (unpaired) electrons. The maximum atomic E-state index is 6.19. The first-order chi connectivity index (χ1) is 10.6. The molecule has 0 atom stereocenters. The summed E-state index contributed by atoms with van der Waals surface area (Å²) in [7, 11) is 5.75. The number of hydrogen-bond acceptors (Lipinski definition) is 5. The number of nitrogens with two attached hydrogens (primary N) is 1. The Kier molecular flexibility index (Phi) is 5.61. The van der Waals surface area contributed by atoms with Gasteiger partial charge in [-0.2, -0.15) is 0 Å². The molecule has 22 heavy (non-hydrogen) atoms. The Morgan fingerprint density at radius 3 is 2.45 bits per heavy atom. The molecule has 1 heterocycles. The quantitative estimate of drug-likeness (QED) is 0.852. The zero-order valence-electron chi connectivity index (χ0n) is 13.5. The largest absolute Gasteiger partial charge is 0.481 e. The van der Waals surface area contributed by atoms with Crippen LogP contribution in [0.15, 0.2) is 42.6 Å². The van der Waals surface area contributed by atoms with E-state index in [1.165, 1.54) is 0 Å². The van der Waals surface area contributed by atoms with Gasteiger partial charge >= 0.3 is 0 Å². The van der Waals surface area contributed by atoms with E-state index in [4.69, 9.17) is 10.5 Å². The predicted molar refractivity (Wildman–Crippen MR) is 91.8 cm³/mol. The highest BCUT2D eigenvalue weighted by atomic mass is 16.5. The number of ether oxygens (including phenoxy) is 1. The smallest absolute Gasteiger partial charge is 0.215 e. The molecular formula is C17H24N4O. The van der Waals surface area contributed by atoms with Crippen LogP contribution in [-0.2, 0) is 0 Å². The van der Waals surface area contributed by atoms with Crippen LogP contribution in [0.5, 0.6) is 5.88 Å². The first-order valence-electron chi connectivity index (χ1n) is 7.38. The van der Waals surface area contributed by atoms with Gasteiger partial charge in [-0.25, -0.2) is 4.98 Å². The standard InChI is InChI=1S/C17H24N4O/c1-20(2)10-7-11-21(14-8-5-4-6-9-14)16-13-19-17(22-3)12-15(16)18/h4-6,8-9,12-13H,7,10-11H2,1-3H3,(H2,18,19). The first kappa shape index (κ1) is 16.1. The van der Waals surface area contributed by atoms with Crippen LogP contribution < -0.4 is 15.4 Å². The second-order valence-electron chi connectivity index (χ2n) is 5.43. The molecule has 2 N–H and O–H groups in total. The first-order valence-corrected chi connectivity index (χ1v) is 7.38. The number of aromatic nitrogens is 1. The molecule has 0 aliphatic carbocycles. The molecule has 118 valence electrons. The molecule has 0 spiro atoms. The van der Waals surface area contributed by atoms with Gasteiger partial charge < -0.3 is 20.3 Å². The summed E-state index contributed by atoms with van der Waals surface area (Å²) in [5.74, 6) is 0.530. The van der Waals surface area contributed by atoms with E-state index in [2.05, 4.69) is 41.0 Å². The highest BCUT2D eigenvalue weighted by molar-refractivity contribution is 5.74. The predicted octanol–water partition coefficient (Wildman–Crippen LogP) is 2.76. The lowest BCUT2D eigenvalue weighted by molar-refractivity contribution is 0.398. The van der Waals surface area contributed by atoms with Crippen LogP contribution in [0.3, 0.4) is 0 Å².